The molecule has 0 aromatic heterocycles. The van der Waals surface area contributed by atoms with E-state index in [1.54, 1.807) is 18.2 Å². The molecule has 1 rings (SSSR count). The first-order valence-electron chi connectivity index (χ1n) is 5.14. The highest BCUT2D eigenvalue weighted by molar-refractivity contribution is 7.92. The molecule has 0 saturated carbocycles. The lowest BCUT2D eigenvalue weighted by atomic mass is 10.2. The van der Waals surface area contributed by atoms with E-state index < -0.39 is 22.0 Å². The van der Waals surface area contributed by atoms with Gasteiger partial charge in [0.2, 0.25) is 10.0 Å². The number of rotatable bonds is 5. The number of anilines is 1. The Morgan fingerprint density at radius 3 is 2.39 bits per heavy atom. The van der Waals surface area contributed by atoms with E-state index in [4.69, 9.17) is 9.84 Å². The number of benzene rings is 1. The van der Waals surface area contributed by atoms with Crippen LogP contribution in [0.1, 0.15) is 6.92 Å². The van der Waals surface area contributed by atoms with Crippen molar-refractivity contribution < 1.29 is 23.1 Å². The quantitative estimate of drug-likeness (QED) is 0.863. The Labute approximate surface area is 106 Å². The predicted octanol–water partition coefficient (Wildman–Crippen LogP) is 0.934. The van der Waals surface area contributed by atoms with Gasteiger partial charge < -0.3 is 9.84 Å². The van der Waals surface area contributed by atoms with Gasteiger partial charge in [0.05, 0.1) is 19.1 Å². The van der Waals surface area contributed by atoms with Gasteiger partial charge in [-0.3, -0.25) is 4.31 Å². The molecular formula is C11H15NO5S. The van der Waals surface area contributed by atoms with Gasteiger partial charge in [-0.15, -0.1) is 0 Å². The van der Waals surface area contributed by atoms with Crippen molar-refractivity contribution in [2.24, 2.45) is 0 Å². The van der Waals surface area contributed by atoms with Gasteiger partial charge in [0.1, 0.15) is 11.8 Å². The van der Waals surface area contributed by atoms with Crippen LogP contribution in [0.3, 0.4) is 0 Å². The maximum absolute atomic E-state index is 11.8. The second-order valence-electron chi connectivity index (χ2n) is 3.74. The molecule has 100 valence electrons. The number of nitrogens with zero attached hydrogens (tertiary/aromatic N) is 1. The molecule has 18 heavy (non-hydrogen) atoms. The number of carboxylic acids is 1. The van der Waals surface area contributed by atoms with Crippen LogP contribution in [0.5, 0.6) is 5.75 Å². The summed E-state index contributed by atoms with van der Waals surface area (Å²) in [5.74, 6) is -0.928. The van der Waals surface area contributed by atoms with Gasteiger partial charge in [0.25, 0.3) is 0 Å². The number of para-hydroxylation sites is 2. The Hall–Kier alpha value is -1.76. The van der Waals surface area contributed by atoms with Crippen LogP contribution >= 0.6 is 0 Å². The number of carbonyl (C=O) groups is 1. The number of hydrogen-bond donors (Lipinski definition) is 1. The minimum atomic E-state index is -3.72. The summed E-state index contributed by atoms with van der Waals surface area (Å²) in [6.07, 6.45) is 0.957. The van der Waals surface area contributed by atoms with Crippen molar-refractivity contribution in [3.05, 3.63) is 24.3 Å². The van der Waals surface area contributed by atoms with Crippen molar-refractivity contribution in [2.75, 3.05) is 17.7 Å². The highest BCUT2D eigenvalue weighted by Crippen LogP contribution is 2.31. The fourth-order valence-electron chi connectivity index (χ4n) is 1.59. The summed E-state index contributed by atoms with van der Waals surface area (Å²) in [5, 5.41) is 8.99. The molecule has 1 N–H and O–H groups in total. The Kier molecular flexibility index (Phi) is 4.18. The van der Waals surface area contributed by atoms with Crippen LogP contribution < -0.4 is 9.04 Å². The van der Waals surface area contributed by atoms with E-state index >= 15 is 0 Å². The van der Waals surface area contributed by atoms with Crippen LogP contribution in [0, 0.1) is 0 Å². The molecule has 1 aromatic carbocycles. The van der Waals surface area contributed by atoms with Crippen LogP contribution in [-0.4, -0.2) is 38.9 Å². The van der Waals surface area contributed by atoms with Gasteiger partial charge in [-0.2, -0.15) is 0 Å². The normalized spacial score (nSPS) is 12.8. The number of ether oxygens (including phenoxy) is 1. The topological polar surface area (TPSA) is 83.9 Å². The molecule has 0 aliphatic rings. The van der Waals surface area contributed by atoms with Gasteiger partial charge in [-0.25, -0.2) is 13.2 Å². The molecule has 7 heteroatoms. The number of carboxylic acid groups (broad SMARTS) is 1. The van der Waals surface area contributed by atoms with E-state index in [1.807, 2.05) is 0 Å². The molecule has 0 unspecified atom stereocenters. The number of hydrogen-bond acceptors (Lipinski definition) is 4. The average molecular weight is 273 g/mol. The molecule has 0 saturated heterocycles. The Balaban J connectivity index is 3.40. The van der Waals surface area contributed by atoms with Gasteiger partial charge >= 0.3 is 5.97 Å². The Morgan fingerprint density at radius 1 is 1.39 bits per heavy atom. The molecule has 1 atom stereocenters. The highest BCUT2D eigenvalue weighted by Gasteiger charge is 2.30. The van der Waals surface area contributed by atoms with Gasteiger partial charge in [0, 0.05) is 0 Å². The monoisotopic (exact) mass is 273 g/mol. The molecule has 0 amide bonds. The maximum atomic E-state index is 11.8. The summed E-state index contributed by atoms with van der Waals surface area (Å²) in [7, 11) is -2.33. The van der Waals surface area contributed by atoms with Crippen LogP contribution in [0.15, 0.2) is 24.3 Å². The summed E-state index contributed by atoms with van der Waals surface area (Å²) in [6, 6.07) is 5.15. The number of sulfonamides is 1. The third kappa shape index (κ3) is 2.92. The first-order chi connectivity index (χ1) is 8.29. The molecular weight excluding hydrogens is 258 g/mol. The lowest BCUT2D eigenvalue weighted by Crippen LogP contribution is -2.43. The number of aliphatic carboxylic acids is 1. The zero-order valence-electron chi connectivity index (χ0n) is 10.3. The van der Waals surface area contributed by atoms with E-state index in [9.17, 15) is 13.2 Å². The molecule has 0 aliphatic carbocycles. The average Bonchev–Trinajstić information content (AvgIpc) is 2.27. The Morgan fingerprint density at radius 2 is 1.94 bits per heavy atom. The van der Waals surface area contributed by atoms with Crippen molar-refractivity contribution >= 4 is 21.7 Å². The van der Waals surface area contributed by atoms with E-state index in [1.165, 1.54) is 20.1 Å². The lowest BCUT2D eigenvalue weighted by Gasteiger charge is -2.27. The number of methoxy groups -OCH3 is 1. The summed E-state index contributed by atoms with van der Waals surface area (Å²) in [6.45, 7) is 1.30. The van der Waals surface area contributed by atoms with Crippen LogP contribution in [0.2, 0.25) is 0 Å². The lowest BCUT2D eigenvalue weighted by molar-refractivity contribution is -0.137. The van der Waals surface area contributed by atoms with E-state index in [0.29, 0.717) is 5.75 Å². The van der Waals surface area contributed by atoms with Crippen molar-refractivity contribution in [3.63, 3.8) is 0 Å². The largest absolute Gasteiger partial charge is 0.495 e. The fourth-order valence-corrected chi connectivity index (χ4v) is 2.76. The van der Waals surface area contributed by atoms with Crippen molar-refractivity contribution in [1.82, 2.24) is 0 Å². The first kappa shape index (κ1) is 14.3. The molecule has 0 fully saturated rings. The standard InChI is InChI=1S/C11H15NO5S/c1-8(11(13)14)12(18(3,15)16)9-6-4-5-7-10(9)17-2/h4-8H,1-3H3,(H,13,14)/t8-/m1/s1. The van der Waals surface area contributed by atoms with Gasteiger partial charge in [0.15, 0.2) is 0 Å². The van der Waals surface area contributed by atoms with Gasteiger partial charge in [-0.1, -0.05) is 12.1 Å². The van der Waals surface area contributed by atoms with Gasteiger partial charge in [-0.05, 0) is 19.1 Å². The van der Waals surface area contributed by atoms with E-state index in [-0.39, 0.29) is 5.69 Å². The molecule has 0 spiro atoms. The van der Waals surface area contributed by atoms with Crippen molar-refractivity contribution in [3.8, 4) is 5.75 Å². The molecule has 6 nitrogen and oxygen atoms in total. The van der Waals surface area contributed by atoms with E-state index in [2.05, 4.69) is 0 Å². The zero-order valence-corrected chi connectivity index (χ0v) is 11.1. The maximum Gasteiger partial charge on any atom is 0.327 e. The Bertz CT molecular complexity index is 540. The molecule has 0 radical (unpaired) electrons. The minimum Gasteiger partial charge on any atom is -0.495 e. The third-order valence-electron chi connectivity index (χ3n) is 2.39. The van der Waals surface area contributed by atoms with Crippen LogP contribution in [0.4, 0.5) is 5.69 Å². The second-order valence-corrected chi connectivity index (χ2v) is 5.60. The highest BCUT2D eigenvalue weighted by atomic mass is 32.2. The second kappa shape index (κ2) is 5.26. The third-order valence-corrected chi connectivity index (χ3v) is 3.62. The smallest absolute Gasteiger partial charge is 0.327 e. The van der Waals surface area contributed by atoms with Crippen LogP contribution in [-0.2, 0) is 14.8 Å². The summed E-state index contributed by atoms with van der Waals surface area (Å²) < 4.78 is 29.4. The molecule has 0 heterocycles. The van der Waals surface area contributed by atoms with Crippen molar-refractivity contribution in [2.45, 2.75) is 13.0 Å². The summed E-state index contributed by atoms with van der Waals surface area (Å²) in [5.41, 5.74) is 0.206. The SMILES string of the molecule is COc1ccccc1N([C@H](C)C(=O)O)S(C)(=O)=O. The van der Waals surface area contributed by atoms with Crippen molar-refractivity contribution in [1.29, 1.82) is 0 Å². The molecule has 0 bridgehead atoms. The zero-order chi connectivity index (χ0) is 13.9. The molecule has 0 aliphatic heterocycles. The first-order valence-corrected chi connectivity index (χ1v) is 6.99. The molecule has 1 aromatic rings. The van der Waals surface area contributed by atoms with Crippen LogP contribution in [0.25, 0.3) is 0 Å². The fraction of sp³-hybridized carbons (Fsp3) is 0.364. The minimum absolute atomic E-state index is 0.206. The van der Waals surface area contributed by atoms with E-state index in [0.717, 1.165) is 10.6 Å². The summed E-state index contributed by atoms with van der Waals surface area (Å²) >= 11 is 0. The summed E-state index contributed by atoms with van der Waals surface area (Å²) in [4.78, 5) is 11.0. The predicted molar refractivity (Wildman–Crippen MR) is 67.4 cm³/mol.